The number of thioether (sulfide) groups is 1. The molecule has 3 N–H and O–H groups in total. The predicted octanol–water partition coefficient (Wildman–Crippen LogP) is 0.899. The van der Waals surface area contributed by atoms with E-state index >= 15 is 0 Å². The molecule has 0 aliphatic carbocycles. The van der Waals surface area contributed by atoms with E-state index in [1.807, 2.05) is 0 Å². The van der Waals surface area contributed by atoms with E-state index in [2.05, 4.69) is 14.8 Å². The van der Waals surface area contributed by atoms with E-state index in [1.54, 1.807) is 11.8 Å². The molecule has 1 unspecified atom stereocenters. The van der Waals surface area contributed by atoms with Crippen molar-refractivity contribution in [3.63, 3.8) is 0 Å². The fraction of sp³-hybridized carbons (Fsp3) is 0.727. The molecule has 2 rings (SSSR count). The van der Waals surface area contributed by atoms with Crippen molar-refractivity contribution in [1.82, 2.24) is 14.8 Å². The Morgan fingerprint density at radius 2 is 2.28 bits per heavy atom. The molecule has 1 aliphatic rings. The lowest BCUT2D eigenvalue weighted by molar-refractivity contribution is -0.138. The van der Waals surface area contributed by atoms with Gasteiger partial charge in [-0.15, -0.1) is 10.2 Å². The SMILES string of the molecule is NC(CCSc1nnc2n1CCCCC2)C(=O)O. The predicted molar refractivity (Wildman–Crippen MR) is 68.5 cm³/mol. The van der Waals surface area contributed by atoms with Gasteiger partial charge in [-0.05, 0) is 19.3 Å². The van der Waals surface area contributed by atoms with E-state index < -0.39 is 12.0 Å². The van der Waals surface area contributed by atoms with E-state index in [0.717, 1.165) is 30.4 Å². The number of nitrogens with two attached hydrogens (primary N) is 1. The number of aryl methyl sites for hydroxylation is 1. The Hall–Kier alpha value is -1.08. The van der Waals surface area contributed by atoms with Gasteiger partial charge in [0.05, 0.1) is 0 Å². The lowest BCUT2D eigenvalue weighted by atomic mass is 10.2. The summed E-state index contributed by atoms with van der Waals surface area (Å²) < 4.78 is 2.16. The largest absolute Gasteiger partial charge is 0.480 e. The summed E-state index contributed by atoms with van der Waals surface area (Å²) in [6.45, 7) is 0.968. The van der Waals surface area contributed by atoms with Crippen LogP contribution >= 0.6 is 11.8 Å². The van der Waals surface area contributed by atoms with Crippen LogP contribution in [0.1, 0.15) is 31.5 Å². The van der Waals surface area contributed by atoms with Gasteiger partial charge in [0, 0.05) is 18.7 Å². The molecule has 0 bridgehead atoms. The highest BCUT2D eigenvalue weighted by atomic mass is 32.2. The highest BCUT2D eigenvalue weighted by molar-refractivity contribution is 7.99. The molecule has 1 aromatic heterocycles. The van der Waals surface area contributed by atoms with Crippen LogP contribution < -0.4 is 5.73 Å². The molecular formula is C11H18N4O2S. The molecule has 0 spiro atoms. The molecule has 6 nitrogen and oxygen atoms in total. The highest BCUT2D eigenvalue weighted by Crippen LogP contribution is 2.22. The van der Waals surface area contributed by atoms with Crippen LogP contribution in [0.25, 0.3) is 0 Å². The van der Waals surface area contributed by atoms with Crippen LogP contribution in [0.5, 0.6) is 0 Å². The first-order valence-corrected chi connectivity index (χ1v) is 7.20. The van der Waals surface area contributed by atoms with Crippen molar-refractivity contribution in [2.45, 2.75) is 49.8 Å². The number of hydrogen-bond donors (Lipinski definition) is 2. The number of carbonyl (C=O) groups is 1. The van der Waals surface area contributed by atoms with Crippen LogP contribution in [0.4, 0.5) is 0 Å². The van der Waals surface area contributed by atoms with Crippen molar-refractivity contribution >= 4 is 17.7 Å². The normalized spacial score (nSPS) is 16.9. The van der Waals surface area contributed by atoms with E-state index in [-0.39, 0.29) is 0 Å². The fourth-order valence-electron chi connectivity index (χ4n) is 1.97. The maximum absolute atomic E-state index is 10.6. The van der Waals surface area contributed by atoms with Crippen LogP contribution in [-0.2, 0) is 17.8 Å². The van der Waals surface area contributed by atoms with Gasteiger partial charge in [-0.2, -0.15) is 0 Å². The summed E-state index contributed by atoms with van der Waals surface area (Å²) in [6, 6.07) is -0.788. The van der Waals surface area contributed by atoms with Crippen molar-refractivity contribution in [2.75, 3.05) is 5.75 Å². The maximum atomic E-state index is 10.6. The van der Waals surface area contributed by atoms with Crippen molar-refractivity contribution in [2.24, 2.45) is 5.73 Å². The highest BCUT2D eigenvalue weighted by Gasteiger charge is 2.16. The molecule has 18 heavy (non-hydrogen) atoms. The molecule has 0 amide bonds. The van der Waals surface area contributed by atoms with Gasteiger partial charge in [0.2, 0.25) is 0 Å². The Bertz CT molecular complexity index is 421. The molecule has 100 valence electrons. The molecule has 0 fully saturated rings. The zero-order valence-electron chi connectivity index (χ0n) is 10.2. The Labute approximate surface area is 110 Å². The molecule has 2 heterocycles. The molecule has 1 aromatic rings. The summed E-state index contributed by atoms with van der Waals surface area (Å²) in [4.78, 5) is 10.6. The van der Waals surface area contributed by atoms with Gasteiger partial charge < -0.3 is 15.4 Å². The third-order valence-corrected chi connectivity index (χ3v) is 4.05. The van der Waals surface area contributed by atoms with E-state index in [0.29, 0.717) is 12.2 Å². The number of aromatic nitrogens is 3. The molecule has 0 radical (unpaired) electrons. The molecule has 7 heteroatoms. The number of nitrogens with zero attached hydrogens (tertiary/aromatic N) is 3. The Morgan fingerprint density at radius 1 is 1.44 bits per heavy atom. The van der Waals surface area contributed by atoms with Crippen LogP contribution in [0.2, 0.25) is 0 Å². The van der Waals surface area contributed by atoms with Crippen LogP contribution in [0.15, 0.2) is 5.16 Å². The van der Waals surface area contributed by atoms with E-state index in [4.69, 9.17) is 10.8 Å². The first kappa shape index (κ1) is 13.4. The van der Waals surface area contributed by atoms with Crippen LogP contribution in [0.3, 0.4) is 0 Å². The minimum atomic E-state index is -0.948. The summed E-state index contributed by atoms with van der Waals surface area (Å²) in [5.74, 6) is 0.763. The first-order valence-electron chi connectivity index (χ1n) is 6.21. The molecular weight excluding hydrogens is 252 g/mol. The van der Waals surface area contributed by atoms with E-state index in [1.165, 1.54) is 12.8 Å². The summed E-state index contributed by atoms with van der Waals surface area (Å²) >= 11 is 1.54. The van der Waals surface area contributed by atoms with Crippen LogP contribution in [-0.4, -0.2) is 37.6 Å². The van der Waals surface area contributed by atoms with Crippen molar-refractivity contribution in [3.05, 3.63) is 5.82 Å². The second-order valence-corrected chi connectivity index (χ2v) is 5.51. The van der Waals surface area contributed by atoms with Gasteiger partial charge in [0.25, 0.3) is 0 Å². The topological polar surface area (TPSA) is 94.0 Å². The zero-order valence-corrected chi connectivity index (χ0v) is 11.0. The van der Waals surface area contributed by atoms with E-state index in [9.17, 15) is 4.79 Å². The third kappa shape index (κ3) is 3.23. The van der Waals surface area contributed by atoms with Crippen molar-refractivity contribution in [3.8, 4) is 0 Å². The molecule has 0 saturated heterocycles. The standard InChI is InChI=1S/C11H18N4O2S/c12-8(10(16)17)5-7-18-11-14-13-9-4-2-1-3-6-15(9)11/h8H,1-7,12H2,(H,16,17). The zero-order chi connectivity index (χ0) is 13.0. The first-order chi connectivity index (χ1) is 8.68. The van der Waals surface area contributed by atoms with Gasteiger partial charge in [0.15, 0.2) is 5.16 Å². The van der Waals surface area contributed by atoms with Gasteiger partial charge in [-0.25, -0.2) is 0 Å². The maximum Gasteiger partial charge on any atom is 0.320 e. The summed E-state index contributed by atoms with van der Waals surface area (Å²) in [5, 5.41) is 18.0. The Balaban J connectivity index is 1.90. The number of carboxylic acid groups (broad SMARTS) is 1. The summed E-state index contributed by atoms with van der Waals surface area (Å²) in [6.07, 6.45) is 5.00. The van der Waals surface area contributed by atoms with Gasteiger partial charge in [0.1, 0.15) is 11.9 Å². The fourth-order valence-corrected chi connectivity index (χ4v) is 2.97. The van der Waals surface area contributed by atoms with Gasteiger partial charge in [-0.3, -0.25) is 4.79 Å². The molecule has 1 aliphatic heterocycles. The minimum absolute atomic E-state index is 0.447. The summed E-state index contributed by atoms with van der Waals surface area (Å²) in [7, 11) is 0. The van der Waals surface area contributed by atoms with Crippen molar-refractivity contribution in [1.29, 1.82) is 0 Å². The lowest BCUT2D eigenvalue weighted by Crippen LogP contribution is -2.30. The van der Waals surface area contributed by atoms with Gasteiger partial charge in [-0.1, -0.05) is 18.2 Å². The summed E-state index contributed by atoms with van der Waals surface area (Å²) in [5.41, 5.74) is 5.46. The number of rotatable bonds is 5. The van der Waals surface area contributed by atoms with Gasteiger partial charge >= 0.3 is 5.97 Å². The number of hydrogen-bond acceptors (Lipinski definition) is 5. The molecule has 1 atom stereocenters. The second kappa shape index (κ2) is 6.19. The van der Waals surface area contributed by atoms with Crippen molar-refractivity contribution < 1.29 is 9.90 Å². The Morgan fingerprint density at radius 3 is 3.06 bits per heavy atom. The Kier molecular flexibility index (Phi) is 4.60. The quantitative estimate of drug-likeness (QED) is 0.772. The average Bonchev–Trinajstić information content (AvgIpc) is 2.59. The minimum Gasteiger partial charge on any atom is -0.480 e. The molecule has 0 saturated carbocycles. The smallest absolute Gasteiger partial charge is 0.320 e. The lowest BCUT2D eigenvalue weighted by Gasteiger charge is -2.07. The van der Waals surface area contributed by atoms with Crippen LogP contribution in [0, 0.1) is 0 Å². The number of carboxylic acids is 1. The third-order valence-electron chi connectivity index (χ3n) is 3.05. The molecule has 0 aromatic carbocycles. The monoisotopic (exact) mass is 270 g/mol. The average molecular weight is 270 g/mol. The second-order valence-electron chi connectivity index (χ2n) is 4.44. The number of fused-ring (bicyclic) bond motifs is 1. The number of aliphatic carboxylic acids is 1.